The van der Waals surface area contributed by atoms with Crippen molar-refractivity contribution in [1.82, 2.24) is 4.98 Å². The Hall–Kier alpha value is -2.40. The molecule has 1 amide bonds. The van der Waals surface area contributed by atoms with E-state index in [0.717, 1.165) is 30.0 Å². The number of carbonyl (C=O) groups is 1. The standard InChI is InChI=1S/C16H20N4O/c1-12-5-2-3-6-14(12)20(10-4-9-17)15-8-7-13(11-19-15)16(18)21/h2-3,5-8,11H,4,9-10,17H2,1H3,(H2,18,21). The predicted molar refractivity (Wildman–Crippen MR) is 84.6 cm³/mol. The summed E-state index contributed by atoms with van der Waals surface area (Å²) in [6, 6.07) is 11.6. The summed E-state index contributed by atoms with van der Waals surface area (Å²) >= 11 is 0. The Morgan fingerprint density at radius 2 is 2.00 bits per heavy atom. The third kappa shape index (κ3) is 3.58. The van der Waals surface area contributed by atoms with Gasteiger partial charge in [0.25, 0.3) is 0 Å². The first-order valence-corrected chi connectivity index (χ1v) is 6.92. The molecule has 0 spiro atoms. The van der Waals surface area contributed by atoms with Gasteiger partial charge < -0.3 is 16.4 Å². The number of aryl methyl sites for hydroxylation is 1. The lowest BCUT2D eigenvalue weighted by molar-refractivity contribution is 0.1000. The number of carbonyl (C=O) groups excluding carboxylic acids is 1. The number of pyridine rings is 1. The van der Waals surface area contributed by atoms with Crippen LogP contribution in [0.4, 0.5) is 11.5 Å². The van der Waals surface area contributed by atoms with E-state index in [1.54, 1.807) is 6.07 Å². The SMILES string of the molecule is Cc1ccccc1N(CCCN)c1ccc(C(N)=O)cn1. The minimum atomic E-state index is -0.474. The van der Waals surface area contributed by atoms with Crippen molar-refractivity contribution in [3.8, 4) is 0 Å². The number of hydrogen-bond donors (Lipinski definition) is 2. The summed E-state index contributed by atoms with van der Waals surface area (Å²) in [5, 5.41) is 0. The van der Waals surface area contributed by atoms with Crippen molar-refractivity contribution in [2.45, 2.75) is 13.3 Å². The Morgan fingerprint density at radius 1 is 1.24 bits per heavy atom. The lowest BCUT2D eigenvalue weighted by atomic mass is 10.1. The van der Waals surface area contributed by atoms with Gasteiger partial charge in [-0.15, -0.1) is 0 Å². The van der Waals surface area contributed by atoms with Crippen LogP contribution in [0.25, 0.3) is 0 Å². The summed E-state index contributed by atoms with van der Waals surface area (Å²) < 4.78 is 0. The van der Waals surface area contributed by atoms with Gasteiger partial charge >= 0.3 is 0 Å². The van der Waals surface area contributed by atoms with Crippen molar-refractivity contribution in [3.63, 3.8) is 0 Å². The highest BCUT2D eigenvalue weighted by Gasteiger charge is 2.12. The monoisotopic (exact) mass is 284 g/mol. The van der Waals surface area contributed by atoms with Crippen molar-refractivity contribution < 1.29 is 4.79 Å². The Bertz CT molecular complexity index is 610. The second-order valence-corrected chi connectivity index (χ2v) is 4.85. The van der Waals surface area contributed by atoms with E-state index in [2.05, 4.69) is 28.9 Å². The number of anilines is 2. The zero-order valence-corrected chi connectivity index (χ0v) is 12.1. The van der Waals surface area contributed by atoms with Gasteiger partial charge in [-0.2, -0.15) is 0 Å². The van der Waals surface area contributed by atoms with Gasteiger partial charge in [0.2, 0.25) is 5.91 Å². The first-order valence-electron chi connectivity index (χ1n) is 6.92. The molecular formula is C16H20N4O. The van der Waals surface area contributed by atoms with Crippen LogP contribution in [0.2, 0.25) is 0 Å². The second kappa shape index (κ2) is 6.85. The fourth-order valence-corrected chi connectivity index (χ4v) is 2.17. The van der Waals surface area contributed by atoms with E-state index in [4.69, 9.17) is 11.5 Å². The summed E-state index contributed by atoms with van der Waals surface area (Å²) in [5.74, 6) is 0.307. The topological polar surface area (TPSA) is 85.2 Å². The average molecular weight is 284 g/mol. The van der Waals surface area contributed by atoms with Crippen molar-refractivity contribution >= 4 is 17.4 Å². The first-order chi connectivity index (χ1) is 10.1. The minimum absolute atomic E-state index is 0.405. The van der Waals surface area contributed by atoms with Gasteiger partial charge in [-0.25, -0.2) is 4.98 Å². The van der Waals surface area contributed by atoms with Gasteiger partial charge in [0.15, 0.2) is 0 Å². The average Bonchev–Trinajstić information content (AvgIpc) is 2.50. The molecule has 1 aromatic heterocycles. The summed E-state index contributed by atoms with van der Waals surface area (Å²) in [4.78, 5) is 17.6. The molecule has 0 saturated heterocycles. The maximum absolute atomic E-state index is 11.1. The maximum Gasteiger partial charge on any atom is 0.250 e. The van der Waals surface area contributed by atoms with Gasteiger partial charge in [-0.1, -0.05) is 18.2 Å². The Kier molecular flexibility index (Phi) is 4.90. The maximum atomic E-state index is 11.1. The quantitative estimate of drug-likeness (QED) is 0.849. The molecule has 1 aromatic carbocycles. The number of hydrogen-bond acceptors (Lipinski definition) is 4. The highest BCUT2D eigenvalue weighted by molar-refractivity contribution is 5.92. The number of nitrogens with two attached hydrogens (primary N) is 2. The third-order valence-electron chi connectivity index (χ3n) is 3.30. The number of amides is 1. The molecule has 0 aliphatic rings. The van der Waals surface area contributed by atoms with Gasteiger partial charge in [-0.3, -0.25) is 4.79 Å². The van der Waals surface area contributed by atoms with Crippen LogP contribution in [0.15, 0.2) is 42.6 Å². The first kappa shape index (κ1) is 15.0. The number of aromatic nitrogens is 1. The molecular weight excluding hydrogens is 264 g/mol. The fourth-order valence-electron chi connectivity index (χ4n) is 2.17. The lowest BCUT2D eigenvalue weighted by Gasteiger charge is -2.25. The molecule has 0 bridgehead atoms. The van der Waals surface area contributed by atoms with E-state index in [0.29, 0.717) is 12.1 Å². The van der Waals surface area contributed by atoms with Crippen molar-refractivity contribution in [2.75, 3.05) is 18.0 Å². The van der Waals surface area contributed by atoms with Crippen LogP contribution in [0.1, 0.15) is 22.3 Å². The van der Waals surface area contributed by atoms with E-state index < -0.39 is 5.91 Å². The van der Waals surface area contributed by atoms with Crippen LogP contribution < -0.4 is 16.4 Å². The molecule has 0 radical (unpaired) electrons. The van der Waals surface area contributed by atoms with Crippen LogP contribution >= 0.6 is 0 Å². The lowest BCUT2D eigenvalue weighted by Crippen LogP contribution is -2.23. The molecule has 2 aromatic rings. The van der Waals surface area contributed by atoms with Crippen LogP contribution in [0, 0.1) is 6.92 Å². The molecule has 110 valence electrons. The molecule has 0 saturated carbocycles. The van der Waals surface area contributed by atoms with E-state index in [9.17, 15) is 4.79 Å². The largest absolute Gasteiger partial charge is 0.366 e. The summed E-state index contributed by atoms with van der Waals surface area (Å²) in [6.45, 7) is 3.44. The number of benzene rings is 1. The summed E-state index contributed by atoms with van der Waals surface area (Å²) in [7, 11) is 0. The van der Waals surface area contributed by atoms with Crippen molar-refractivity contribution in [1.29, 1.82) is 0 Å². The molecule has 5 nitrogen and oxygen atoms in total. The van der Waals surface area contributed by atoms with Crippen molar-refractivity contribution in [3.05, 3.63) is 53.7 Å². The van der Waals surface area contributed by atoms with Gasteiger partial charge in [-0.05, 0) is 43.7 Å². The van der Waals surface area contributed by atoms with Gasteiger partial charge in [0, 0.05) is 18.4 Å². The summed E-state index contributed by atoms with van der Waals surface area (Å²) in [6.07, 6.45) is 2.36. The smallest absolute Gasteiger partial charge is 0.250 e. The molecule has 2 rings (SSSR count). The van der Waals surface area contributed by atoms with Gasteiger partial charge in [0.1, 0.15) is 5.82 Å². The zero-order valence-electron chi connectivity index (χ0n) is 12.1. The molecule has 0 aliphatic carbocycles. The Labute approximate surface area is 124 Å². The van der Waals surface area contributed by atoms with Crippen LogP contribution in [-0.4, -0.2) is 24.0 Å². The molecule has 0 unspecified atom stereocenters. The predicted octanol–water partition coefficient (Wildman–Crippen LogP) is 1.98. The van der Waals surface area contributed by atoms with E-state index in [-0.39, 0.29) is 0 Å². The molecule has 0 aliphatic heterocycles. The third-order valence-corrected chi connectivity index (χ3v) is 3.30. The Balaban J connectivity index is 2.36. The van der Waals surface area contributed by atoms with Crippen LogP contribution in [0.3, 0.4) is 0 Å². The normalized spacial score (nSPS) is 10.4. The number of rotatable bonds is 6. The molecule has 1 heterocycles. The highest BCUT2D eigenvalue weighted by Crippen LogP contribution is 2.26. The number of primary amides is 1. The molecule has 0 atom stereocenters. The summed E-state index contributed by atoms with van der Waals surface area (Å²) in [5.41, 5.74) is 13.5. The number of nitrogens with zero attached hydrogens (tertiary/aromatic N) is 2. The molecule has 5 heteroatoms. The molecule has 21 heavy (non-hydrogen) atoms. The van der Waals surface area contributed by atoms with E-state index in [1.807, 2.05) is 18.2 Å². The van der Waals surface area contributed by atoms with Crippen molar-refractivity contribution in [2.24, 2.45) is 11.5 Å². The van der Waals surface area contributed by atoms with Gasteiger partial charge in [0.05, 0.1) is 5.56 Å². The van der Waals surface area contributed by atoms with Crippen LogP contribution in [-0.2, 0) is 0 Å². The van der Waals surface area contributed by atoms with E-state index in [1.165, 1.54) is 6.20 Å². The number of para-hydroxylation sites is 1. The zero-order chi connectivity index (χ0) is 15.2. The minimum Gasteiger partial charge on any atom is -0.366 e. The fraction of sp³-hybridized carbons (Fsp3) is 0.250. The molecule has 4 N–H and O–H groups in total. The highest BCUT2D eigenvalue weighted by atomic mass is 16.1. The Morgan fingerprint density at radius 3 is 2.57 bits per heavy atom. The van der Waals surface area contributed by atoms with Crippen LogP contribution in [0.5, 0.6) is 0 Å². The molecule has 0 fully saturated rings. The van der Waals surface area contributed by atoms with E-state index >= 15 is 0 Å². The second-order valence-electron chi connectivity index (χ2n) is 4.85.